The molecule has 0 saturated carbocycles. The molecule has 0 spiro atoms. The highest BCUT2D eigenvalue weighted by atomic mass is 79.9. The number of aromatic nitrogens is 4. The van der Waals surface area contributed by atoms with Crippen molar-refractivity contribution in [2.75, 3.05) is 0 Å². The minimum Gasteiger partial charge on any atom is -0.472 e. The van der Waals surface area contributed by atoms with E-state index >= 15 is 0 Å². The summed E-state index contributed by atoms with van der Waals surface area (Å²) >= 11 is 6.92. The van der Waals surface area contributed by atoms with E-state index in [0.717, 1.165) is 31.6 Å². The molecular weight excluding hydrogens is 618 g/mol. The maximum Gasteiger partial charge on any atom is 0.186 e. The molecule has 0 aliphatic carbocycles. The van der Waals surface area contributed by atoms with E-state index in [2.05, 4.69) is 51.8 Å². The Balaban J connectivity index is 0.000000211. The van der Waals surface area contributed by atoms with Crippen molar-refractivity contribution in [1.29, 1.82) is 0 Å². The van der Waals surface area contributed by atoms with Crippen molar-refractivity contribution in [2.45, 2.75) is 33.5 Å². The molecule has 11 nitrogen and oxygen atoms in total. The van der Waals surface area contributed by atoms with Crippen molar-refractivity contribution in [3.63, 3.8) is 0 Å². The second-order valence-corrected chi connectivity index (χ2v) is 9.64. The van der Waals surface area contributed by atoms with Crippen molar-refractivity contribution in [1.82, 2.24) is 19.1 Å². The molecule has 2 aromatic carbocycles. The molecule has 4 rings (SSSR count). The second kappa shape index (κ2) is 14.8. The third kappa shape index (κ3) is 9.90. The van der Waals surface area contributed by atoms with E-state index in [1.54, 1.807) is 32.0 Å². The maximum atomic E-state index is 5.73. The van der Waals surface area contributed by atoms with E-state index < -0.39 is 0 Å². The molecule has 0 unspecified atom stereocenters. The Morgan fingerprint density at radius 3 is 1.92 bits per heavy atom. The summed E-state index contributed by atoms with van der Waals surface area (Å²) in [5, 5.41) is 0. The number of guanidine groups is 1. The van der Waals surface area contributed by atoms with Gasteiger partial charge in [-0.05, 0) is 74.2 Å². The van der Waals surface area contributed by atoms with Gasteiger partial charge in [0, 0.05) is 24.8 Å². The quantitative estimate of drug-likeness (QED) is 0.173. The first kappa shape index (κ1) is 28.7. The summed E-state index contributed by atoms with van der Waals surface area (Å²) in [6, 6.07) is 11.6. The summed E-state index contributed by atoms with van der Waals surface area (Å²) in [7, 11) is 0. The van der Waals surface area contributed by atoms with Gasteiger partial charge in [-0.2, -0.15) is 0 Å². The van der Waals surface area contributed by atoms with Crippen LogP contribution < -0.4 is 26.7 Å². The highest BCUT2D eigenvalue weighted by Crippen LogP contribution is 2.27. The Morgan fingerprint density at radius 2 is 1.37 bits per heavy atom. The van der Waals surface area contributed by atoms with Crippen molar-refractivity contribution in [3.8, 4) is 11.5 Å². The first-order valence-electron chi connectivity index (χ1n) is 11.4. The van der Waals surface area contributed by atoms with E-state index in [-0.39, 0.29) is 5.96 Å². The van der Waals surface area contributed by atoms with Gasteiger partial charge in [-0.3, -0.25) is 4.99 Å². The molecule has 6 N–H and O–H groups in total. The van der Waals surface area contributed by atoms with E-state index in [4.69, 9.17) is 26.7 Å². The number of benzene rings is 2. The molecule has 0 radical (unpaired) electrons. The first-order chi connectivity index (χ1) is 18.3. The smallest absolute Gasteiger partial charge is 0.186 e. The molecule has 200 valence electrons. The fourth-order valence-electron chi connectivity index (χ4n) is 2.93. The van der Waals surface area contributed by atoms with Crippen LogP contribution in [0.4, 0.5) is 0 Å². The second-order valence-electron chi connectivity index (χ2n) is 7.93. The number of rotatable bonds is 10. The Kier molecular flexibility index (Phi) is 11.2. The zero-order valence-corrected chi connectivity index (χ0v) is 23.9. The number of hydrogen-bond donors (Lipinski definition) is 3. The third-order valence-electron chi connectivity index (χ3n) is 4.80. The van der Waals surface area contributed by atoms with Gasteiger partial charge < -0.3 is 35.8 Å². The Hall–Kier alpha value is -3.84. The first-order valence-corrected chi connectivity index (χ1v) is 12.9. The summed E-state index contributed by atoms with van der Waals surface area (Å²) in [5.74, 6) is 2.18. The lowest BCUT2D eigenvalue weighted by Gasteiger charge is -2.10. The number of nitrogens with two attached hydrogens (primary N) is 3. The van der Waals surface area contributed by atoms with E-state index in [9.17, 15) is 0 Å². The molecule has 0 aliphatic heterocycles. The van der Waals surface area contributed by atoms with Crippen LogP contribution in [0.2, 0.25) is 0 Å². The fourth-order valence-corrected chi connectivity index (χ4v) is 3.83. The van der Waals surface area contributed by atoms with Gasteiger partial charge in [0.1, 0.15) is 11.5 Å². The number of amidine groups is 1. The van der Waals surface area contributed by atoms with Crippen LogP contribution in [0.3, 0.4) is 0 Å². The molecule has 2 aromatic heterocycles. The largest absolute Gasteiger partial charge is 0.472 e. The lowest BCUT2D eigenvalue weighted by molar-refractivity contribution is 0.234. The number of aliphatic imine (C=N–C) groups is 2. The Morgan fingerprint density at radius 1 is 0.789 bits per heavy atom. The van der Waals surface area contributed by atoms with Gasteiger partial charge in [0.05, 0.1) is 40.5 Å². The van der Waals surface area contributed by atoms with Gasteiger partial charge in [0.15, 0.2) is 19.4 Å². The van der Waals surface area contributed by atoms with Crippen molar-refractivity contribution in [2.24, 2.45) is 27.2 Å². The van der Waals surface area contributed by atoms with Crippen LogP contribution in [-0.4, -0.2) is 30.9 Å². The summed E-state index contributed by atoms with van der Waals surface area (Å²) in [5.41, 5.74) is 18.2. The van der Waals surface area contributed by atoms with Gasteiger partial charge in [-0.15, -0.1) is 0 Å². The zero-order valence-electron chi connectivity index (χ0n) is 20.7. The SMILES string of the molecule is CC(N)=NCc1ccc(Br)c(OCn2ccnc2)c1.NC(N)=NCc1ccc(OCn2ccnc2)c(Br)c1. The number of imidazole rings is 2. The molecule has 13 heteroatoms. The molecule has 0 aliphatic rings. The van der Waals surface area contributed by atoms with Crippen molar-refractivity contribution in [3.05, 3.63) is 93.9 Å². The normalized spacial score (nSPS) is 10.9. The maximum absolute atomic E-state index is 5.73. The predicted molar refractivity (Wildman–Crippen MR) is 155 cm³/mol. The molecule has 0 atom stereocenters. The summed E-state index contributed by atoms with van der Waals surface area (Å²) in [6.45, 7) is 3.60. The molecule has 0 amide bonds. The van der Waals surface area contributed by atoms with Crippen molar-refractivity contribution >= 4 is 43.7 Å². The lowest BCUT2D eigenvalue weighted by atomic mass is 10.2. The average molecular weight is 647 g/mol. The zero-order chi connectivity index (χ0) is 27.3. The van der Waals surface area contributed by atoms with E-state index in [1.165, 1.54) is 0 Å². The fraction of sp³-hybridized carbons (Fsp3) is 0.200. The third-order valence-corrected chi connectivity index (χ3v) is 6.08. The molecular formula is C25H29Br2N9O2. The van der Waals surface area contributed by atoms with Gasteiger partial charge in [0.25, 0.3) is 0 Å². The van der Waals surface area contributed by atoms with Gasteiger partial charge >= 0.3 is 0 Å². The summed E-state index contributed by atoms with van der Waals surface area (Å²) < 4.78 is 16.8. The highest BCUT2D eigenvalue weighted by molar-refractivity contribution is 9.10. The topological polar surface area (TPSA) is 157 Å². The number of ether oxygens (including phenoxy) is 2. The van der Waals surface area contributed by atoms with Crippen LogP contribution >= 0.6 is 31.9 Å². The molecule has 38 heavy (non-hydrogen) atoms. The molecule has 0 saturated heterocycles. The van der Waals surface area contributed by atoms with E-state index in [1.807, 2.05) is 57.9 Å². The van der Waals surface area contributed by atoms with Gasteiger partial charge in [0.2, 0.25) is 0 Å². The summed E-state index contributed by atoms with van der Waals surface area (Å²) in [6.07, 6.45) is 10.5. The van der Waals surface area contributed by atoms with Crippen molar-refractivity contribution < 1.29 is 9.47 Å². The number of nitrogens with zero attached hydrogens (tertiary/aromatic N) is 6. The predicted octanol–water partition coefficient (Wildman–Crippen LogP) is 4.01. The Labute approximate surface area is 237 Å². The highest BCUT2D eigenvalue weighted by Gasteiger charge is 2.04. The van der Waals surface area contributed by atoms with Gasteiger partial charge in [-0.25, -0.2) is 15.0 Å². The lowest BCUT2D eigenvalue weighted by Crippen LogP contribution is -2.22. The molecule has 2 heterocycles. The number of hydrogen-bond acceptors (Lipinski definition) is 6. The average Bonchev–Trinajstić information content (AvgIpc) is 3.60. The Bertz CT molecular complexity index is 1330. The monoisotopic (exact) mass is 645 g/mol. The van der Waals surface area contributed by atoms with E-state index in [0.29, 0.717) is 32.4 Å². The summed E-state index contributed by atoms with van der Waals surface area (Å²) in [4.78, 5) is 16.0. The number of halogens is 2. The van der Waals surface area contributed by atoms with Crippen LogP contribution in [0.5, 0.6) is 11.5 Å². The molecule has 4 aromatic rings. The van der Waals surface area contributed by atoms with Crippen LogP contribution in [0.15, 0.2) is 92.8 Å². The molecule has 0 bridgehead atoms. The van der Waals surface area contributed by atoms with Crippen LogP contribution in [-0.2, 0) is 26.6 Å². The van der Waals surface area contributed by atoms with Crippen LogP contribution in [0, 0.1) is 0 Å². The van der Waals surface area contributed by atoms with Crippen LogP contribution in [0.25, 0.3) is 0 Å². The standard InChI is InChI=1S/C13H15BrN4O.C12H14BrN5O/c1-10(15)17-7-11-2-3-12(14)13(6-11)19-9-18-5-4-16-8-18;13-10-5-9(6-17-12(14)15)1-2-11(10)19-8-18-4-3-16-7-18/h2-6,8H,7,9H2,1H3,(H2,15,17);1-5,7H,6,8H2,(H4,14,15,17). The van der Waals surface area contributed by atoms with Gasteiger partial charge in [-0.1, -0.05) is 12.1 Å². The molecule has 0 fully saturated rings. The van der Waals surface area contributed by atoms with Crippen LogP contribution in [0.1, 0.15) is 18.1 Å². The minimum atomic E-state index is 0.0801. The minimum absolute atomic E-state index is 0.0801.